The Labute approximate surface area is 98.4 Å². The van der Waals surface area contributed by atoms with Gasteiger partial charge in [-0.2, -0.15) is 4.68 Å². The fourth-order valence-corrected chi connectivity index (χ4v) is 1.60. The van der Waals surface area contributed by atoms with Crippen LogP contribution in [0.5, 0.6) is 0 Å². The van der Waals surface area contributed by atoms with E-state index in [0.29, 0.717) is 5.02 Å². The molecule has 1 atom stereocenters. The smallest absolute Gasteiger partial charge is 0.173 e. The lowest BCUT2D eigenvalue weighted by Crippen LogP contribution is -2.17. The second-order valence-corrected chi connectivity index (χ2v) is 3.82. The van der Waals surface area contributed by atoms with Gasteiger partial charge in [0.1, 0.15) is 0 Å². The molecule has 0 saturated carbocycles. The van der Waals surface area contributed by atoms with Gasteiger partial charge in [-0.05, 0) is 36.5 Å². The molecule has 0 bridgehead atoms. The molecule has 1 aromatic heterocycles. The monoisotopic (exact) mass is 237 g/mol. The lowest BCUT2D eigenvalue weighted by Gasteiger charge is -2.10. The summed E-state index contributed by atoms with van der Waals surface area (Å²) in [6.45, 7) is 1.99. The number of para-hydroxylation sites is 1. The highest BCUT2D eigenvalue weighted by Gasteiger charge is 2.15. The highest BCUT2D eigenvalue weighted by molar-refractivity contribution is 6.32. The molecule has 6 heteroatoms. The van der Waals surface area contributed by atoms with Crippen LogP contribution in [0.25, 0.3) is 5.69 Å². The second kappa shape index (κ2) is 4.59. The summed E-state index contributed by atoms with van der Waals surface area (Å²) in [5.74, 6) is 0.732. The molecule has 1 aromatic carbocycles. The molecular formula is C10H12ClN5. The van der Waals surface area contributed by atoms with E-state index < -0.39 is 0 Å². The summed E-state index contributed by atoms with van der Waals surface area (Å²) >= 11 is 6.10. The zero-order chi connectivity index (χ0) is 11.5. The Balaban J connectivity index is 2.49. The van der Waals surface area contributed by atoms with Crippen LogP contribution < -0.4 is 5.32 Å². The zero-order valence-corrected chi connectivity index (χ0v) is 9.81. The molecule has 0 amide bonds. The summed E-state index contributed by atoms with van der Waals surface area (Å²) in [4.78, 5) is 0. The van der Waals surface area contributed by atoms with Gasteiger partial charge in [0.25, 0.3) is 0 Å². The van der Waals surface area contributed by atoms with Gasteiger partial charge in [-0.3, -0.25) is 0 Å². The van der Waals surface area contributed by atoms with E-state index in [1.165, 1.54) is 0 Å². The summed E-state index contributed by atoms with van der Waals surface area (Å²) in [5, 5.41) is 15.3. The minimum atomic E-state index is 0.0614. The van der Waals surface area contributed by atoms with E-state index in [9.17, 15) is 0 Å². The SMILES string of the molecule is CNC(C)c1nnnn1-c1ccccc1Cl. The summed E-state index contributed by atoms with van der Waals surface area (Å²) < 4.78 is 1.64. The normalized spacial score (nSPS) is 12.7. The van der Waals surface area contributed by atoms with Gasteiger partial charge >= 0.3 is 0 Å². The Morgan fingerprint density at radius 1 is 1.38 bits per heavy atom. The number of hydrogen-bond acceptors (Lipinski definition) is 4. The van der Waals surface area contributed by atoms with E-state index in [4.69, 9.17) is 11.6 Å². The predicted molar refractivity (Wildman–Crippen MR) is 61.6 cm³/mol. The Morgan fingerprint density at radius 2 is 2.12 bits per heavy atom. The first-order chi connectivity index (χ1) is 7.74. The number of benzene rings is 1. The maximum absolute atomic E-state index is 6.10. The first kappa shape index (κ1) is 11.0. The van der Waals surface area contributed by atoms with E-state index in [1.807, 2.05) is 38.2 Å². The number of nitrogens with zero attached hydrogens (tertiary/aromatic N) is 4. The largest absolute Gasteiger partial charge is 0.311 e. The molecule has 0 aliphatic heterocycles. The van der Waals surface area contributed by atoms with Crippen LogP contribution in [0.15, 0.2) is 24.3 Å². The molecule has 0 radical (unpaired) electrons. The molecule has 0 saturated heterocycles. The predicted octanol–water partition coefficient (Wildman–Crippen LogP) is 1.60. The van der Waals surface area contributed by atoms with Crippen LogP contribution in [0.2, 0.25) is 5.02 Å². The van der Waals surface area contributed by atoms with E-state index in [-0.39, 0.29) is 6.04 Å². The van der Waals surface area contributed by atoms with Crippen molar-refractivity contribution in [2.45, 2.75) is 13.0 Å². The van der Waals surface area contributed by atoms with Crippen LogP contribution in [0.1, 0.15) is 18.8 Å². The maximum atomic E-state index is 6.10. The zero-order valence-electron chi connectivity index (χ0n) is 9.05. The fraction of sp³-hybridized carbons (Fsp3) is 0.300. The van der Waals surface area contributed by atoms with E-state index in [2.05, 4.69) is 20.8 Å². The molecule has 1 unspecified atom stereocenters. The van der Waals surface area contributed by atoms with E-state index in [0.717, 1.165) is 11.5 Å². The van der Waals surface area contributed by atoms with Crippen LogP contribution in [0, 0.1) is 0 Å². The third-order valence-corrected chi connectivity index (χ3v) is 2.71. The first-order valence-electron chi connectivity index (χ1n) is 4.94. The maximum Gasteiger partial charge on any atom is 0.173 e. The topological polar surface area (TPSA) is 55.6 Å². The van der Waals surface area contributed by atoms with Crippen LogP contribution in [0.3, 0.4) is 0 Å². The lowest BCUT2D eigenvalue weighted by molar-refractivity contribution is 0.589. The molecule has 16 heavy (non-hydrogen) atoms. The molecule has 0 aliphatic rings. The Morgan fingerprint density at radius 3 is 2.81 bits per heavy atom. The molecule has 84 valence electrons. The summed E-state index contributed by atoms with van der Waals surface area (Å²) in [6.07, 6.45) is 0. The van der Waals surface area contributed by atoms with Crippen molar-refractivity contribution in [3.63, 3.8) is 0 Å². The molecular weight excluding hydrogens is 226 g/mol. The Bertz CT molecular complexity index is 482. The third kappa shape index (κ3) is 1.91. The standard InChI is InChI=1S/C10H12ClN5/c1-7(12-2)10-13-14-15-16(10)9-6-4-3-5-8(9)11/h3-7,12H,1-2H3. The van der Waals surface area contributed by atoms with Crippen molar-refractivity contribution in [3.05, 3.63) is 35.1 Å². The van der Waals surface area contributed by atoms with Crippen molar-refractivity contribution in [1.29, 1.82) is 0 Å². The highest BCUT2D eigenvalue weighted by atomic mass is 35.5. The van der Waals surface area contributed by atoms with Crippen molar-refractivity contribution < 1.29 is 0 Å². The van der Waals surface area contributed by atoms with Gasteiger partial charge in [-0.25, -0.2) is 0 Å². The van der Waals surface area contributed by atoms with Crippen LogP contribution in [-0.4, -0.2) is 27.3 Å². The summed E-state index contributed by atoms with van der Waals surface area (Å²) in [6, 6.07) is 7.52. The summed E-state index contributed by atoms with van der Waals surface area (Å²) in [7, 11) is 1.86. The minimum absolute atomic E-state index is 0.0614. The Hall–Kier alpha value is -1.46. The quantitative estimate of drug-likeness (QED) is 0.881. The van der Waals surface area contributed by atoms with Gasteiger partial charge in [0.15, 0.2) is 5.82 Å². The number of tetrazole rings is 1. The highest BCUT2D eigenvalue weighted by Crippen LogP contribution is 2.21. The minimum Gasteiger partial charge on any atom is -0.311 e. The summed E-state index contributed by atoms with van der Waals surface area (Å²) in [5.41, 5.74) is 0.784. The van der Waals surface area contributed by atoms with E-state index >= 15 is 0 Å². The molecule has 0 fully saturated rings. The lowest BCUT2D eigenvalue weighted by atomic mass is 10.3. The third-order valence-electron chi connectivity index (χ3n) is 2.39. The molecule has 0 aliphatic carbocycles. The number of halogens is 1. The molecule has 2 rings (SSSR count). The number of aromatic nitrogens is 4. The van der Waals surface area contributed by atoms with Crippen molar-refractivity contribution in [1.82, 2.24) is 25.5 Å². The number of hydrogen-bond donors (Lipinski definition) is 1. The van der Waals surface area contributed by atoms with Gasteiger partial charge in [0.2, 0.25) is 0 Å². The second-order valence-electron chi connectivity index (χ2n) is 3.41. The number of rotatable bonds is 3. The van der Waals surface area contributed by atoms with Crippen molar-refractivity contribution >= 4 is 11.6 Å². The molecule has 5 nitrogen and oxygen atoms in total. The van der Waals surface area contributed by atoms with Crippen molar-refractivity contribution in [2.24, 2.45) is 0 Å². The number of nitrogens with one attached hydrogen (secondary N) is 1. The first-order valence-corrected chi connectivity index (χ1v) is 5.32. The molecule has 0 spiro atoms. The van der Waals surface area contributed by atoms with Gasteiger partial charge < -0.3 is 5.32 Å². The van der Waals surface area contributed by atoms with Crippen LogP contribution in [0.4, 0.5) is 0 Å². The average molecular weight is 238 g/mol. The Kier molecular flexibility index (Phi) is 3.17. The fourth-order valence-electron chi connectivity index (χ4n) is 1.39. The van der Waals surface area contributed by atoms with Crippen molar-refractivity contribution in [2.75, 3.05) is 7.05 Å². The van der Waals surface area contributed by atoms with Gasteiger partial charge in [0.05, 0.1) is 16.8 Å². The van der Waals surface area contributed by atoms with E-state index in [1.54, 1.807) is 4.68 Å². The molecule has 1 heterocycles. The molecule has 2 aromatic rings. The van der Waals surface area contributed by atoms with Gasteiger partial charge in [-0.1, -0.05) is 23.7 Å². The van der Waals surface area contributed by atoms with Gasteiger partial charge in [-0.15, -0.1) is 5.10 Å². The average Bonchev–Trinajstić information content (AvgIpc) is 2.77. The van der Waals surface area contributed by atoms with Crippen LogP contribution >= 0.6 is 11.6 Å². The van der Waals surface area contributed by atoms with Crippen LogP contribution in [-0.2, 0) is 0 Å². The van der Waals surface area contributed by atoms with Crippen molar-refractivity contribution in [3.8, 4) is 5.69 Å². The molecule has 1 N–H and O–H groups in total. The van der Waals surface area contributed by atoms with Gasteiger partial charge in [0, 0.05) is 0 Å².